The van der Waals surface area contributed by atoms with Crippen LogP contribution in [-0.4, -0.2) is 50.7 Å². The number of methoxy groups -OCH3 is 1. The number of rotatable bonds is 5. The Hall–Kier alpha value is -1.39. The maximum absolute atomic E-state index is 12.7. The van der Waals surface area contributed by atoms with E-state index in [9.17, 15) is 4.79 Å². The number of carbonyl (C=O) groups is 1. The number of nitrogens with zero attached hydrogens (tertiary/aromatic N) is 1. The third kappa shape index (κ3) is 3.58. The number of nitrogens with one attached hydrogen (secondary N) is 1. The van der Waals surface area contributed by atoms with Gasteiger partial charge in [-0.15, -0.1) is 0 Å². The highest BCUT2D eigenvalue weighted by Gasteiger charge is 2.25. The lowest BCUT2D eigenvalue weighted by molar-refractivity contribution is 0.0268. The molecule has 0 aliphatic carbocycles. The van der Waals surface area contributed by atoms with Gasteiger partial charge in [-0.2, -0.15) is 0 Å². The first-order valence-electron chi connectivity index (χ1n) is 7.31. The molecule has 1 unspecified atom stereocenters. The molecule has 1 aliphatic rings. The zero-order valence-electron chi connectivity index (χ0n) is 12.4. The highest BCUT2D eigenvalue weighted by atomic mass is 16.5. The Kier molecular flexibility index (Phi) is 5.56. The Labute approximate surface area is 121 Å². The molecule has 1 amide bonds. The van der Waals surface area contributed by atoms with Gasteiger partial charge in [-0.3, -0.25) is 4.79 Å². The van der Waals surface area contributed by atoms with E-state index < -0.39 is 0 Å². The topological polar surface area (TPSA) is 41.6 Å². The van der Waals surface area contributed by atoms with Gasteiger partial charge in [0, 0.05) is 25.8 Å². The van der Waals surface area contributed by atoms with Gasteiger partial charge in [0.15, 0.2) is 0 Å². The summed E-state index contributed by atoms with van der Waals surface area (Å²) in [6.07, 6.45) is 3.11. The van der Waals surface area contributed by atoms with Crippen LogP contribution in [0.1, 0.15) is 28.8 Å². The van der Waals surface area contributed by atoms with Crippen molar-refractivity contribution in [2.24, 2.45) is 0 Å². The lowest BCUT2D eigenvalue weighted by Crippen LogP contribution is -2.43. The van der Waals surface area contributed by atoms with Crippen molar-refractivity contribution >= 4 is 5.91 Å². The SMILES string of the molecule is CNCCc1ccccc1C(=O)N1CCCC(OC)C1. The van der Waals surface area contributed by atoms with Crippen LogP contribution in [0, 0.1) is 0 Å². The van der Waals surface area contributed by atoms with Crippen molar-refractivity contribution in [1.29, 1.82) is 0 Å². The van der Waals surface area contributed by atoms with Crippen LogP contribution in [0.2, 0.25) is 0 Å². The van der Waals surface area contributed by atoms with Crippen molar-refractivity contribution in [3.8, 4) is 0 Å². The molecule has 0 aromatic heterocycles. The molecule has 4 nitrogen and oxygen atoms in total. The number of ether oxygens (including phenoxy) is 1. The third-order valence-corrected chi connectivity index (χ3v) is 3.89. The fourth-order valence-corrected chi connectivity index (χ4v) is 2.69. The first-order chi connectivity index (χ1) is 9.76. The number of likely N-dealkylation sites (tertiary alicyclic amines) is 1. The molecule has 1 fully saturated rings. The maximum Gasteiger partial charge on any atom is 0.254 e. The summed E-state index contributed by atoms with van der Waals surface area (Å²) in [4.78, 5) is 14.6. The van der Waals surface area contributed by atoms with Gasteiger partial charge in [0.2, 0.25) is 0 Å². The minimum atomic E-state index is 0.137. The van der Waals surface area contributed by atoms with E-state index in [1.807, 2.05) is 36.2 Å². The molecule has 1 saturated heterocycles. The predicted molar refractivity (Wildman–Crippen MR) is 80.0 cm³/mol. The molecule has 0 saturated carbocycles. The van der Waals surface area contributed by atoms with Gasteiger partial charge in [0.05, 0.1) is 6.10 Å². The molecule has 110 valence electrons. The zero-order chi connectivity index (χ0) is 14.4. The average molecular weight is 276 g/mol. The molecule has 4 heteroatoms. The summed E-state index contributed by atoms with van der Waals surface area (Å²) < 4.78 is 5.40. The smallest absolute Gasteiger partial charge is 0.254 e. The minimum Gasteiger partial charge on any atom is -0.380 e. The fraction of sp³-hybridized carbons (Fsp3) is 0.562. The van der Waals surface area contributed by atoms with Gasteiger partial charge in [0.25, 0.3) is 5.91 Å². The summed E-state index contributed by atoms with van der Waals surface area (Å²) in [5.41, 5.74) is 1.95. The molecule has 0 radical (unpaired) electrons. The molecular formula is C16H24N2O2. The standard InChI is InChI=1S/C16H24N2O2/c1-17-10-9-13-6-3-4-8-15(13)16(19)18-11-5-7-14(12-18)20-2/h3-4,6,8,14,17H,5,7,9-12H2,1-2H3. The molecule has 2 rings (SSSR count). The molecule has 1 atom stereocenters. The zero-order valence-corrected chi connectivity index (χ0v) is 12.4. The van der Waals surface area contributed by atoms with Crippen LogP contribution >= 0.6 is 0 Å². The van der Waals surface area contributed by atoms with Crippen LogP contribution in [0.4, 0.5) is 0 Å². The van der Waals surface area contributed by atoms with Crippen LogP contribution in [0.3, 0.4) is 0 Å². The second-order valence-electron chi connectivity index (χ2n) is 5.26. The Morgan fingerprint density at radius 2 is 2.25 bits per heavy atom. The molecule has 1 aromatic rings. The largest absolute Gasteiger partial charge is 0.380 e. The number of carbonyl (C=O) groups excluding carboxylic acids is 1. The molecule has 0 bridgehead atoms. The van der Waals surface area contributed by atoms with Crippen molar-refractivity contribution in [2.75, 3.05) is 33.8 Å². The summed E-state index contributed by atoms with van der Waals surface area (Å²) in [5, 5.41) is 3.13. The summed E-state index contributed by atoms with van der Waals surface area (Å²) in [5.74, 6) is 0.137. The summed E-state index contributed by atoms with van der Waals surface area (Å²) in [6, 6.07) is 7.91. The molecular weight excluding hydrogens is 252 g/mol. The van der Waals surface area contributed by atoms with E-state index in [0.29, 0.717) is 6.54 Å². The highest BCUT2D eigenvalue weighted by Crippen LogP contribution is 2.18. The Morgan fingerprint density at radius 3 is 3.00 bits per heavy atom. The van der Waals surface area contributed by atoms with Crippen LogP contribution in [-0.2, 0) is 11.2 Å². The quantitative estimate of drug-likeness (QED) is 0.890. The molecule has 1 aliphatic heterocycles. The monoisotopic (exact) mass is 276 g/mol. The summed E-state index contributed by atoms with van der Waals surface area (Å²) in [6.45, 7) is 2.42. The number of benzene rings is 1. The van der Waals surface area contributed by atoms with Gasteiger partial charge in [-0.25, -0.2) is 0 Å². The van der Waals surface area contributed by atoms with Gasteiger partial charge in [-0.05, 0) is 44.5 Å². The van der Waals surface area contributed by atoms with Gasteiger partial charge in [0.1, 0.15) is 0 Å². The normalized spacial score (nSPS) is 19.1. The van der Waals surface area contributed by atoms with Crippen molar-refractivity contribution < 1.29 is 9.53 Å². The van der Waals surface area contributed by atoms with Crippen LogP contribution < -0.4 is 5.32 Å². The first-order valence-corrected chi connectivity index (χ1v) is 7.31. The predicted octanol–water partition coefficient (Wildman–Crippen LogP) is 1.70. The second-order valence-corrected chi connectivity index (χ2v) is 5.26. The fourth-order valence-electron chi connectivity index (χ4n) is 2.69. The van der Waals surface area contributed by atoms with E-state index >= 15 is 0 Å². The Bertz CT molecular complexity index is 448. The number of likely N-dealkylation sites (N-methyl/N-ethyl adjacent to an activating group) is 1. The molecule has 1 aromatic carbocycles. The van der Waals surface area contributed by atoms with Crippen LogP contribution in [0.15, 0.2) is 24.3 Å². The van der Waals surface area contributed by atoms with E-state index in [-0.39, 0.29) is 12.0 Å². The number of piperidine rings is 1. The lowest BCUT2D eigenvalue weighted by Gasteiger charge is -2.32. The van der Waals surface area contributed by atoms with E-state index in [0.717, 1.165) is 43.5 Å². The van der Waals surface area contributed by atoms with Crippen LogP contribution in [0.5, 0.6) is 0 Å². The second kappa shape index (κ2) is 7.41. The summed E-state index contributed by atoms with van der Waals surface area (Å²) >= 11 is 0. The number of hydrogen-bond acceptors (Lipinski definition) is 3. The Balaban J connectivity index is 2.11. The highest BCUT2D eigenvalue weighted by molar-refractivity contribution is 5.95. The van der Waals surface area contributed by atoms with E-state index in [4.69, 9.17) is 4.74 Å². The lowest BCUT2D eigenvalue weighted by atomic mass is 10.0. The van der Waals surface area contributed by atoms with Crippen molar-refractivity contribution in [1.82, 2.24) is 10.2 Å². The van der Waals surface area contributed by atoms with E-state index in [1.165, 1.54) is 0 Å². The first kappa shape index (κ1) is 15.0. The molecule has 1 N–H and O–H groups in total. The average Bonchev–Trinajstić information content (AvgIpc) is 2.52. The Morgan fingerprint density at radius 1 is 1.45 bits per heavy atom. The van der Waals surface area contributed by atoms with Gasteiger partial charge >= 0.3 is 0 Å². The van der Waals surface area contributed by atoms with E-state index in [1.54, 1.807) is 7.11 Å². The number of hydrogen-bond donors (Lipinski definition) is 1. The minimum absolute atomic E-state index is 0.137. The van der Waals surface area contributed by atoms with E-state index in [2.05, 4.69) is 5.32 Å². The van der Waals surface area contributed by atoms with Crippen molar-refractivity contribution in [3.05, 3.63) is 35.4 Å². The van der Waals surface area contributed by atoms with Gasteiger partial charge in [-0.1, -0.05) is 18.2 Å². The third-order valence-electron chi connectivity index (χ3n) is 3.89. The van der Waals surface area contributed by atoms with Crippen molar-refractivity contribution in [3.63, 3.8) is 0 Å². The van der Waals surface area contributed by atoms with Crippen molar-refractivity contribution in [2.45, 2.75) is 25.4 Å². The molecule has 20 heavy (non-hydrogen) atoms. The number of amides is 1. The van der Waals surface area contributed by atoms with Gasteiger partial charge < -0.3 is 15.0 Å². The summed E-state index contributed by atoms with van der Waals surface area (Å²) in [7, 11) is 3.65. The van der Waals surface area contributed by atoms with Crippen LogP contribution in [0.25, 0.3) is 0 Å². The maximum atomic E-state index is 12.7. The molecule has 1 heterocycles. The molecule has 0 spiro atoms.